The standard InChI is InChI=1S/C23H34ClN5O5S2/c1-14-10-28(36(33,34)27-8-7-16(31)11-27)12-18(14)20-15(2)21(25-9-17-5-6-19(24)35-17)29(26-20)22(32)23(3,4)13-30/h5-6,14,16,18,25,30-31H,7-13H2,1-4H3. The normalized spacial score (nSPS) is 24.0. The average Bonchev–Trinajstić information content (AvgIpc) is 3.60. The van der Waals surface area contributed by atoms with Crippen molar-refractivity contribution >= 4 is 44.9 Å². The number of nitrogens with one attached hydrogen (secondary N) is 1. The minimum atomic E-state index is -3.70. The highest BCUT2D eigenvalue weighted by Gasteiger charge is 2.44. The topological polar surface area (TPSA) is 128 Å². The molecular formula is C23H34ClN5O5S2. The van der Waals surface area contributed by atoms with Gasteiger partial charge in [0.15, 0.2) is 0 Å². The Labute approximate surface area is 221 Å². The third kappa shape index (κ3) is 5.22. The van der Waals surface area contributed by atoms with E-state index in [1.165, 1.54) is 24.6 Å². The van der Waals surface area contributed by atoms with Crippen molar-refractivity contribution in [2.45, 2.75) is 52.7 Å². The minimum Gasteiger partial charge on any atom is -0.395 e. The molecule has 2 fully saturated rings. The summed E-state index contributed by atoms with van der Waals surface area (Å²) in [4.78, 5) is 14.4. The first-order valence-electron chi connectivity index (χ1n) is 12.0. The third-order valence-electron chi connectivity index (χ3n) is 7.09. The molecular weight excluding hydrogens is 526 g/mol. The molecule has 4 heterocycles. The number of hydrogen-bond donors (Lipinski definition) is 3. The maximum absolute atomic E-state index is 13.4. The van der Waals surface area contributed by atoms with Crippen LogP contribution in [0.3, 0.4) is 0 Å². The van der Waals surface area contributed by atoms with Crippen LogP contribution in [0.25, 0.3) is 0 Å². The lowest BCUT2D eigenvalue weighted by atomic mass is 9.92. The van der Waals surface area contributed by atoms with E-state index >= 15 is 0 Å². The maximum atomic E-state index is 13.4. The number of anilines is 1. The predicted octanol–water partition coefficient (Wildman–Crippen LogP) is 2.52. The van der Waals surface area contributed by atoms with Gasteiger partial charge in [0, 0.05) is 42.5 Å². The predicted molar refractivity (Wildman–Crippen MR) is 140 cm³/mol. The number of carbonyl (C=O) groups excluding carboxylic acids is 1. The lowest BCUT2D eigenvalue weighted by molar-refractivity contribution is 0.0615. The van der Waals surface area contributed by atoms with Crippen molar-refractivity contribution in [2.24, 2.45) is 11.3 Å². The molecule has 2 saturated heterocycles. The molecule has 2 aliphatic rings. The van der Waals surface area contributed by atoms with Crippen LogP contribution < -0.4 is 5.32 Å². The Morgan fingerprint density at radius 2 is 2.00 bits per heavy atom. The fourth-order valence-electron chi connectivity index (χ4n) is 4.74. The molecule has 200 valence electrons. The Morgan fingerprint density at radius 1 is 1.28 bits per heavy atom. The summed E-state index contributed by atoms with van der Waals surface area (Å²) in [6.07, 6.45) is -0.204. The Hall–Kier alpha value is -1.54. The smallest absolute Gasteiger partial charge is 0.282 e. The molecule has 3 N–H and O–H groups in total. The molecule has 0 amide bonds. The van der Waals surface area contributed by atoms with Crippen LogP contribution in [0.5, 0.6) is 0 Å². The molecule has 0 aliphatic carbocycles. The van der Waals surface area contributed by atoms with Gasteiger partial charge in [-0.15, -0.1) is 11.3 Å². The summed E-state index contributed by atoms with van der Waals surface area (Å²) in [5.74, 6) is -0.0703. The monoisotopic (exact) mass is 559 g/mol. The number of halogens is 1. The number of hydrogen-bond acceptors (Lipinski definition) is 8. The lowest BCUT2D eigenvalue weighted by Gasteiger charge is -2.23. The molecule has 4 rings (SSSR count). The summed E-state index contributed by atoms with van der Waals surface area (Å²) in [7, 11) is -3.70. The van der Waals surface area contributed by atoms with Crippen molar-refractivity contribution in [1.29, 1.82) is 0 Å². The largest absolute Gasteiger partial charge is 0.395 e. The average molecular weight is 560 g/mol. The van der Waals surface area contributed by atoms with Gasteiger partial charge in [-0.3, -0.25) is 4.79 Å². The van der Waals surface area contributed by atoms with E-state index in [0.717, 1.165) is 10.4 Å². The maximum Gasteiger partial charge on any atom is 0.282 e. The summed E-state index contributed by atoms with van der Waals surface area (Å²) in [5.41, 5.74) is 0.383. The molecule has 0 spiro atoms. The van der Waals surface area contributed by atoms with Gasteiger partial charge in [-0.1, -0.05) is 18.5 Å². The molecule has 3 atom stereocenters. The molecule has 0 radical (unpaired) electrons. The fourth-order valence-corrected chi connectivity index (χ4v) is 7.56. The van der Waals surface area contributed by atoms with E-state index in [9.17, 15) is 23.4 Å². The SMILES string of the molecule is Cc1c(C2CN(S(=O)(=O)N3CCC(O)C3)CC2C)nn(C(=O)C(C)(C)CO)c1NCc1ccc(Cl)s1. The Balaban J connectivity index is 1.65. The first-order chi connectivity index (χ1) is 16.8. The van der Waals surface area contributed by atoms with Crippen LogP contribution in [-0.2, 0) is 16.8 Å². The first-order valence-corrected chi connectivity index (χ1v) is 14.6. The molecule has 2 aromatic rings. The number of nitrogens with zero attached hydrogens (tertiary/aromatic N) is 4. The van der Waals surface area contributed by atoms with Gasteiger partial charge >= 0.3 is 0 Å². The second-order valence-corrected chi connectivity index (χ2v) is 14.1. The van der Waals surface area contributed by atoms with E-state index in [1.807, 2.05) is 26.0 Å². The van der Waals surface area contributed by atoms with E-state index in [0.29, 0.717) is 41.9 Å². The van der Waals surface area contributed by atoms with Gasteiger partial charge in [-0.2, -0.15) is 26.8 Å². The molecule has 10 nitrogen and oxygen atoms in total. The van der Waals surface area contributed by atoms with Crippen molar-refractivity contribution in [1.82, 2.24) is 18.4 Å². The first kappa shape index (κ1) is 27.5. The zero-order valence-electron chi connectivity index (χ0n) is 20.9. The Morgan fingerprint density at radius 3 is 2.58 bits per heavy atom. The van der Waals surface area contributed by atoms with E-state index in [-0.39, 0.29) is 37.4 Å². The summed E-state index contributed by atoms with van der Waals surface area (Å²) < 4.78 is 31.2. The number of thiophene rings is 1. The quantitative estimate of drug-likeness (QED) is 0.453. The third-order valence-corrected chi connectivity index (χ3v) is 10.3. The Kier molecular flexibility index (Phi) is 7.88. The molecule has 2 aliphatic heterocycles. The minimum absolute atomic E-state index is 0.0285. The van der Waals surface area contributed by atoms with Crippen molar-refractivity contribution in [3.05, 3.63) is 32.6 Å². The van der Waals surface area contributed by atoms with Gasteiger partial charge in [-0.25, -0.2) is 0 Å². The second kappa shape index (κ2) is 10.3. The van der Waals surface area contributed by atoms with Gasteiger partial charge in [0.1, 0.15) is 5.82 Å². The van der Waals surface area contributed by atoms with Gasteiger partial charge in [0.05, 0.1) is 34.7 Å². The Bertz CT molecular complexity index is 1230. The number of carbonyl (C=O) groups is 1. The molecule has 13 heteroatoms. The molecule has 0 bridgehead atoms. The van der Waals surface area contributed by atoms with Crippen molar-refractivity contribution < 1.29 is 23.4 Å². The lowest BCUT2D eigenvalue weighted by Crippen LogP contribution is -2.42. The highest BCUT2D eigenvalue weighted by Crippen LogP contribution is 2.38. The highest BCUT2D eigenvalue weighted by molar-refractivity contribution is 7.86. The number of aromatic nitrogens is 2. The van der Waals surface area contributed by atoms with Crippen LogP contribution in [0.4, 0.5) is 5.82 Å². The van der Waals surface area contributed by atoms with Crippen molar-refractivity contribution in [2.75, 3.05) is 38.1 Å². The van der Waals surface area contributed by atoms with Crippen molar-refractivity contribution in [3.8, 4) is 0 Å². The molecule has 0 saturated carbocycles. The van der Waals surface area contributed by atoms with E-state index in [2.05, 4.69) is 5.32 Å². The van der Waals surface area contributed by atoms with E-state index in [1.54, 1.807) is 13.8 Å². The number of β-amino-alcohol motifs (C(OH)–C–C–N with tert-alkyl or cyclic N) is 1. The van der Waals surface area contributed by atoms with E-state index in [4.69, 9.17) is 16.7 Å². The van der Waals surface area contributed by atoms with Crippen LogP contribution in [0.1, 0.15) is 54.0 Å². The van der Waals surface area contributed by atoms with Crippen LogP contribution >= 0.6 is 22.9 Å². The molecule has 3 unspecified atom stereocenters. The summed E-state index contributed by atoms with van der Waals surface area (Å²) in [5, 5.41) is 27.7. The highest BCUT2D eigenvalue weighted by atomic mass is 35.5. The number of aliphatic hydroxyl groups excluding tert-OH is 2. The summed E-state index contributed by atoms with van der Waals surface area (Å²) >= 11 is 7.50. The van der Waals surface area contributed by atoms with Crippen LogP contribution in [0.2, 0.25) is 4.34 Å². The fraction of sp³-hybridized carbons (Fsp3) is 0.652. The molecule has 0 aromatic carbocycles. The van der Waals surface area contributed by atoms with Crippen LogP contribution in [-0.4, -0.2) is 81.8 Å². The van der Waals surface area contributed by atoms with Gasteiger partial charge < -0.3 is 15.5 Å². The van der Waals surface area contributed by atoms with Gasteiger partial charge in [0.2, 0.25) is 0 Å². The van der Waals surface area contributed by atoms with Gasteiger partial charge in [0.25, 0.3) is 16.1 Å². The molecule has 2 aromatic heterocycles. The summed E-state index contributed by atoms with van der Waals surface area (Å²) in [6, 6.07) is 3.72. The summed E-state index contributed by atoms with van der Waals surface area (Å²) in [6.45, 7) is 8.26. The zero-order chi connectivity index (χ0) is 26.4. The van der Waals surface area contributed by atoms with Gasteiger partial charge in [-0.05, 0) is 45.2 Å². The van der Waals surface area contributed by atoms with E-state index < -0.39 is 21.7 Å². The zero-order valence-corrected chi connectivity index (χ0v) is 23.3. The number of aliphatic hydroxyl groups is 2. The van der Waals surface area contributed by atoms with Crippen LogP contribution in [0, 0.1) is 18.3 Å². The molecule has 36 heavy (non-hydrogen) atoms. The second-order valence-electron chi connectivity index (χ2n) is 10.4. The number of rotatable bonds is 8. The van der Waals surface area contributed by atoms with Crippen molar-refractivity contribution in [3.63, 3.8) is 0 Å². The van der Waals surface area contributed by atoms with Crippen LogP contribution in [0.15, 0.2) is 12.1 Å².